The lowest BCUT2D eigenvalue weighted by Crippen LogP contribution is -2.45. The van der Waals surface area contributed by atoms with E-state index in [2.05, 4.69) is 46.4 Å². The lowest BCUT2D eigenvalue weighted by atomic mass is 10.1. The van der Waals surface area contributed by atoms with E-state index in [1.165, 1.54) is 30.6 Å². The van der Waals surface area contributed by atoms with Crippen LogP contribution in [0.15, 0.2) is 4.99 Å². The van der Waals surface area contributed by atoms with Crippen LogP contribution in [0.3, 0.4) is 0 Å². The number of rotatable bonds is 6. The Kier molecular flexibility index (Phi) is 9.04. The van der Waals surface area contributed by atoms with E-state index < -0.39 is 0 Å². The Morgan fingerprint density at radius 1 is 1.33 bits per heavy atom. The molecule has 6 nitrogen and oxygen atoms in total. The van der Waals surface area contributed by atoms with Crippen LogP contribution in [0.1, 0.15) is 36.7 Å². The van der Waals surface area contributed by atoms with Gasteiger partial charge in [0.25, 0.3) is 0 Å². The van der Waals surface area contributed by atoms with Crippen LogP contribution in [-0.4, -0.2) is 59.9 Å². The van der Waals surface area contributed by atoms with Gasteiger partial charge in [0.05, 0.1) is 5.69 Å². The van der Waals surface area contributed by atoms with Crippen molar-refractivity contribution in [1.29, 1.82) is 0 Å². The Morgan fingerprint density at radius 3 is 2.67 bits per heavy atom. The molecular weight excluding hydrogens is 415 g/mol. The molecule has 0 radical (unpaired) electrons. The summed E-state index contributed by atoms with van der Waals surface area (Å²) in [6.45, 7) is 10.7. The molecule has 1 aliphatic rings. The van der Waals surface area contributed by atoms with Crippen molar-refractivity contribution in [2.24, 2.45) is 12.0 Å². The van der Waals surface area contributed by atoms with E-state index in [-0.39, 0.29) is 24.0 Å². The molecule has 0 saturated carbocycles. The lowest BCUT2D eigenvalue weighted by molar-refractivity contribution is 0.267. The molecule has 0 aromatic carbocycles. The number of guanidine groups is 1. The Balaban J connectivity index is 0.00000288. The number of likely N-dealkylation sites (N-methyl/N-ethyl adjacent to an activating group) is 1. The normalized spacial score (nSPS) is 18.5. The number of aromatic nitrogens is 2. The number of likely N-dealkylation sites (tertiary alicyclic amines) is 1. The van der Waals surface area contributed by atoms with Crippen molar-refractivity contribution >= 4 is 29.9 Å². The van der Waals surface area contributed by atoms with Crippen LogP contribution >= 0.6 is 24.0 Å². The Morgan fingerprint density at radius 2 is 2.08 bits per heavy atom. The predicted molar refractivity (Wildman–Crippen MR) is 111 cm³/mol. The third kappa shape index (κ3) is 5.34. The molecule has 0 spiro atoms. The molecule has 1 aromatic rings. The van der Waals surface area contributed by atoms with Crippen molar-refractivity contribution in [3.63, 3.8) is 0 Å². The number of hydrogen-bond donors (Lipinski definition) is 2. The highest BCUT2D eigenvalue weighted by molar-refractivity contribution is 14.0. The van der Waals surface area contributed by atoms with Crippen LogP contribution in [0, 0.1) is 13.8 Å². The van der Waals surface area contributed by atoms with Crippen LogP contribution < -0.4 is 10.6 Å². The van der Waals surface area contributed by atoms with Gasteiger partial charge in [-0.2, -0.15) is 5.10 Å². The van der Waals surface area contributed by atoms with E-state index in [1.54, 1.807) is 0 Å². The first kappa shape index (κ1) is 21.2. The second-order valence-electron chi connectivity index (χ2n) is 6.33. The minimum absolute atomic E-state index is 0. The molecule has 1 fully saturated rings. The monoisotopic (exact) mass is 448 g/mol. The average Bonchev–Trinajstić information content (AvgIpc) is 3.09. The Hall–Kier alpha value is -0.830. The molecule has 138 valence electrons. The first-order chi connectivity index (χ1) is 11.1. The second kappa shape index (κ2) is 10.2. The molecule has 0 bridgehead atoms. The fraction of sp³-hybridized carbons (Fsp3) is 0.765. The molecule has 1 saturated heterocycles. The van der Waals surface area contributed by atoms with Gasteiger partial charge in [0, 0.05) is 38.9 Å². The molecule has 1 atom stereocenters. The van der Waals surface area contributed by atoms with E-state index in [1.807, 2.05) is 18.8 Å². The third-order valence-corrected chi connectivity index (χ3v) is 4.96. The van der Waals surface area contributed by atoms with Gasteiger partial charge in [0.2, 0.25) is 0 Å². The Labute approximate surface area is 163 Å². The smallest absolute Gasteiger partial charge is 0.191 e. The number of halogens is 1. The highest BCUT2D eigenvalue weighted by Gasteiger charge is 2.22. The molecule has 1 aromatic heterocycles. The predicted octanol–water partition coefficient (Wildman–Crippen LogP) is 1.85. The van der Waals surface area contributed by atoms with Gasteiger partial charge in [-0.05, 0) is 51.8 Å². The number of aliphatic imine (C=N–C) groups is 1. The highest BCUT2D eigenvalue weighted by atomic mass is 127. The maximum absolute atomic E-state index is 4.47. The number of nitrogens with zero attached hydrogens (tertiary/aromatic N) is 4. The summed E-state index contributed by atoms with van der Waals surface area (Å²) in [4.78, 5) is 6.88. The lowest BCUT2D eigenvalue weighted by Gasteiger charge is -2.24. The summed E-state index contributed by atoms with van der Waals surface area (Å²) in [6, 6.07) is 0.640. The van der Waals surface area contributed by atoms with Gasteiger partial charge in [-0.25, -0.2) is 0 Å². The van der Waals surface area contributed by atoms with Gasteiger partial charge in [-0.3, -0.25) is 14.6 Å². The van der Waals surface area contributed by atoms with E-state index in [0.717, 1.165) is 37.7 Å². The molecular formula is C17H33IN6. The van der Waals surface area contributed by atoms with Gasteiger partial charge in [-0.15, -0.1) is 24.0 Å². The molecule has 2 rings (SSSR count). The molecule has 1 unspecified atom stereocenters. The maximum atomic E-state index is 4.47. The number of aryl methyl sites for hydroxylation is 2. The van der Waals surface area contributed by atoms with E-state index in [9.17, 15) is 0 Å². The summed E-state index contributed by atoms with van der Waals surface area (Å²) < 4.78 is 1.96. The molecule has 7 heteroatoms. The molecule has 0 amide bonds. The summed E-state index contributed by atoms with van der Waals surface area (Å²) in [5, 5.41) is 11.4. The number of hydrogen-bond acceptors (Lipinski definition) is 3. The van der Waals surface area contributed by atoms with Crippen LogP contribution in [0.4, 0.5) is 0 Å². The van der Waals surface area contributed by atoms with E-state index >= 15 is 0 Å². The molecule has 2 N–H and O–H groups in total. The standard InChI is InChI=1S/C17H32N6.HI/c1-6-23-11-7-8-15(23)12-20-17(18-4)19-10-9-16-13(2)21-22(5)14(16)3;/h15H,6-12H2,1-5H3,(H2,18,19,20);1H. The van der Waals surface area contributed by atoms with Crippen molar-refractivity contribution < 1.29 is 0 Å². The van der Waals surface area contributed by atoms with Crippen LogP contribution in [0.25, 0.3) is 0 Å². The SMILES string of the molecule is CCN1CCCC1CNC(=NC)NCCc1c(C)nn(C)c1C.I. The summed E-state index contributed by atoms with van der Waals surface area (Å²) in [5.74, 6) is 0.896. The first-order valence-electron chi connectivity index (χ1n) is 8.74. The van der Waals surface area contributed by atoms with Crippen molar-refractivity contribution in [3.05, 3.63) is 17.0 Å². The first-order valence-corrected chi connectivity index (χ1v) is 8.74. The molecule has 0 aliphatic carbocycles. The molecule has 24 heavy (non-hydrogen) atoms. The van der Waals surface area contributed by atoms with Crippen LogP contribution in [0.2, 0.25) is 0 Å². The van der Waals surface area contributed by atoms with Crippen LogP contribution in [0.5, 0.6) is 0 Å². The van der Waals surface area contributed by atoms with Gasteiger partial charge < -0.3 is 10.6 Å². The van der Waals surface area contributed by atoms with Crippen molar-refractivity contribution in [2.75, 3.05) is 33.2 Å². The van der Waals surface area contributed by atoms with Gasteiger partial charge in [0.15, 0.2) is 5.96 Å². The number of nitrogens with one attached hydrogen (secondary N) is 2. The van der Waals surface area contributed by atoms with Gasteiger partial charge in [-0.1, -0.05) is 6.92 Å². The van der Waals surface area contributed by atoms with E-state index in [0.29, 0.717) is 6.04 Å². The molecule has 2 heterocycles. The minimum atomic E-state index is 0. The van der Waals surface area contributed by atoms with Gasteiger partial charge in [0.1, 0.15) is 0 Å². The maximum Gasteiger partial charge on any atom is 0.191 e. The summed E-state index contributed by atoms with van der Waals surface area (Å²) in [5.41, 5.74) is 3.71. The fourth-order valence-corrected chi connectivity index (χ4v) is 3.46. The highest BCUT2D eigenvalue weighted by Crippen LogP contribution is 2.15. The topological polar surface area (TPSA) is 57.5 Å². The third-order valence-electron chi connectivity index (χ3n) is 4.96. The minimum Gasteiger partial charge on any atom is -0.356 e. The zero-order valence-electron chi connectivity index (χ0n) is 15.7. The van der Waals surface area contributed by atoms with Crippen LogP contribution in [-0.2, 0) is 13.5 Å². The van der Waals surface area contributed by atoms with Crippen molar-refractivity contribution in [3.8, 4) is 0 Å². The Bertz CT molecular complexity index is 539. The summed E-state index contributed by atoms with van der Waals surface area (Å²) in [6.07, 6.45) is 3.56. The average molecular weight is 448 g/mol. The second-order valence-corrected chi connectivity index (χ2v) is 6.33. The fourth-order valence-electron chi connectivity index (χ4n) is 3.46. The van der Waals surface area contributed by atoms with Crippen molar-refractivity contribution in [2.45, 2.75) is 46.1 Å². The zero-order valence-corrected chi connectivity index (χ0v) is 18.1. The largest absolute Gasteiger partial charge is 0.356 e. The van der Waals surface area contributed by atoms with Crippen molar-refractivity contribution in [1.82, 2.24) is 25.3 Å². The summed E-state index contributed by atoms with van der Waals surface area (Å²) in [7, 11) is 3.84. The zero-order chi connectivity index (χ0) is 16.8. The molecule has 1 aliphatic heterocycles. The van der Waals surface area contributed by atoms with E-state index in [4.69, 9.17) is 0 Å². The summed E-state index contributed by atoms with van der Waals surface area (Å²) >= 11 is 0. The quantitative estimate of drug-likeness (QED) is 0.396. The van der Waals surface area contributed by atoms with Gasteiger partial charge >= 0.3 is 0 Å².